The quantitative estimate of drug-likeness (QED) is 0.313. The lowest BCUT2D eigenvalue weighted by atomic mass is 10.1. The molecule has 2 aromatic rings. The molecule has 1 aromatic heterocycles. The summed E-state index contributed by atoms with van der Waals surface area (Å²) >= 11 is 3.68. The van der Waals surface area contributed by atoms with E-state index < -0.39 is 0 Å². The molecule has 0 N–H and O–H groups in total. The van der Waals surface area contributed by atoms with E-state index in [9.17, 15) is 4.79 Å². The number of hydrogen-bond acceptors (Lipinski definition) is 5. The van der Waals surface area contributed by atoms with Crippen molar-refractivity contribution < 1.29 is 9.53 Å². The lowest BCUT2D eigenvalue weighted by Gasteiger charge is -2.06. The Hall–Kier alpha value is -1.15. The van der Waals surface area contributed by atoms with Crippen LogP contribution in [0, 0.1) is 3.57 Å². The third-order valence-corrected chi connectivity index (χ3v) is 4.17. The van der Waals surface area contributed by atoms with Crippen molar-refractivity contribution in [3.8, 4) is 5.88 Å². The summed E-state index contributed by atoms with van der Waals surface area (Å²) in [6.45, 7) is 0. The van der Waals surface area contributed by atoms with Crippen LogP contribution in [0.4, 0.5) is 0 Å². The van der Waals surface area contributed by atoms with Gasteiger partial charge in [-0.25, -0.2) is 4.98 Å². The standard InChI is InChI=1S/C15H15IN2O2S/c1-20-14-9-12(17-15(18-14)21-2)7-8-13(19)10-3-5-11(16)6-4-10/h3-6,9H,7-8H2,1-2H3. The van der Waals surface area contributed by atoms with Gasteiger partial charge in [0.2, 0.25) is 5.88 Å². The Labute approximate surface area is 141 Å². The number of benzene rings is 1. The SMILES string of the molecule is COc1cc(CCC(=O)c2ccc(I)cc2)nc(SC)n1. The Morgan fingerprint density at radius 2 is 2.00 bits per heavy atom. The van der Waals surface area contributed by atoms with Gasteiger partial charge >= 0.3 is 0 Å². The monoisotopic (exact) mass is 414 g/mol. The minimum atomic E-state index is 0.120. The number of halogens is 1. The zero-order valence-corrected chi connectivity index (χ0v) is 14.8. The second kappa shape index (κ2) is 7.74. The molecule has 0 atom stereocenters. The zero-order chi connectivity index (χ0) is 15.2. The van der Waals surface area contributed by atoms with Gasteiger partial charge in [-0.1, -0.05) is 23.9 Å². The maximum Gasteiger partial charge on any atom is 0.217 e. The summed E-state index contributed by atoms with van der Waals surface area (Å²) in [4.78, 5) is 20.8. The summed E-state index contributed by atoms with van der Waals surface area (Å²) in [5.74, 6) is 0.653. The van der Waals surface area contributed by atoms with Crippen molar-refractivity contribution in [3.63, 3.8) is 0 Å². The molecule has 1 heterocycles. The number of ether oxygens (including phenoxy) is 1. The predicted molar refractivity (Wildman–Crippen MR) is 92.2 cm³/mol. The van der Waals surface area contributed by atoms with E-state index in [-0.39, 0.29) is 5.78 Å². The number of aromatic nitrogens is 2. The summed E-state index contributed by atoms with van der Waals surface area (Å²) in [5.41, 5.74) is 1.56. The van der Waals surface area contributed by atoms with Crippen LogP contribution in [-0.4, -0.2) is 29.1 Å². The summed E-state index contributed by atoms with van der Waals surface area (Å²) in [6, 6.07) is 9.37. The van der Waals surface area contributed by atoms with Crippen molar-refractivity contribution >= 4 is 40.1 Å². The fourth-order valence-corrected chi connectivity index (χ4v) is 2.54. The minimum Gasteiger partial charge on any atom is -0.481 e. The Balaban J connectivity index is 2.05. The molecule has 4 nitrogen and oxygen atoms in total. The predicted octanol–water partition coefficient (Wildman–Crippen LogP) is 3.63. The van der Waals surface area contributed by atoms with Gasteiger partial charge in [0.15, 0.2) is 10.9 Å². The molecule has 0 unspecified atom stereocenters. The van der Waals surface area contributed by atoms with Crippen LogP contribution in [-0.2, 0) is 6.42 Å². The van der Waals surface area contributed by atoms with Crippen molar-refractivity contribution in [2.24, 2.45) is 0 Å². The lowest BCUT2D eigenvalue weighted by Crippen LogP contribution is -2.04. The molecule has 0 aliphatic heterocycles. The van der Waals surface area contributed by atoms with E-state index in [0.717, 1.165) is 14.8 Å². The number of ketones is 1. The Bertz CT molecular complexity index is 610. The van der Waals surface area contributed by atoms with Gasteiger partial charge in [-0.15, -0.1) is 0 Å². The van der Waals surface area contributed by atoms with E-state index in [1.165, 1.54) is 11.8 Å². The van der Waals surface area contributed by atoms with Gasteiger partial charge in [0.25, 0.3) is 0 Å². The second-order valence-corrected chi connectivity index (χ2v) is 6.34. The summed E-state index contributed by atoms with van der Waals surface area (Å²) < 4.78 is 6.27. The Morgan fingerprint density at radius 1 is 1.29 bits per heavy atom. The van der Waals surface area contributed by atoms with Crippen LogP contribution in [0.2, 0.25) is 0 Å². The molecule has 0 radical (unpaired) electrons. The molecule has 0 spiro atoms. The first-order chi connectivity index (χ1) is 10.1. The van der Waals surface area contributed by atoms with E-state index in [4.69, 9.17) is 4.74 Å². The molecular formula is C15H15IN2O2S. The number of rotatable bonds is 6. The van der Waals surface area contributed by atoms with Crippen molar-refractivity contribution in [2.45, 2.75) is 18.0 Å². The summed E-state index contributed by atoms with van der Waals surface area (Å²) in [5, 5.41) is 0.658. The van der Waals surface area contributed by atoms with Crippen LogP contribution in [0.1, 0.15) is 22.5 Å². The first kappa shape index (κ1) is 16.2. The Morgan fingerprint density at radius 3 is 2.62 bits per heavy atom. The van der Waals surface area contributed by atoms with Crippen LogP contribution < -0.4 is 4.74 Å². The number of nitrogens with zero attached hydrogens (tertiary/aromatic N) is 2. The van der Waals surface area contributed by atoms with E-state index >= 15 is 0 Å². The first-order valence-corrected chi connectivity index (χ1v) is 8.67. The largest absolute Gasteiger partial charge is 0.481 e. The van der Waals surface area contributed by atoms with Crippen LogP contribution in [0.15, 0.2) is 35.5 Å². The molecule has 0 bridgehead atoms. The van der Waals surface area contributed by atoms with E-state index in [2.05, 4.69) is 32.6 Å². The van der Waals surface area contributed by atoms with Crippen molar-refractivity contribution in [1.82, 2.24) is 9.97 Å². The fourth-order valence-electron chi connectivity index (χ4n) is 1.79. The molecule has 6 heteroatoms. The average Bonchev–Trinajstić information content (AvgIpc) is 2.52. The van der Waals surface area contributed by atoms with Crippen LogP contribution in [0.5, 0.6) is 5.88 Å². The highest BCUT2D eigenvalue weighted by atomic mass is 127. The smallest absolute Gasteiger partial charge is 0.217 e. The first-order valence-electron chi connectivity index (χ1n) is 6.37. The topological polar surface area (TPSA) is 52.1 Å². The highest BCUT2D eigenvalue weighted by molar-refractivity contribution is 14.1. The number of thioether (sulfide) groups is 1. The van der Waals surface area contributed by atoms with E-state index in [1.807, 2.05) is 30.5 Å². The minimum absolute atomic E-state index is 0.120. The van der Waals surface area contributed by atoms with Crippen molar-refractivity contribution in [1.29, 1.82) is 0 Å². The number of hydrogen-bond donors (Lipinski definition) is 0. The van der Waals surface area contributed by atoms with Crippen LogP contribution >= 0.6 is 34.4 Å². The zero-order valence-electron chi connectivity index (χ0n) is 11.8. The number of carbonyl (C=O) groups excluding carboxylic acids is 1. The molecule has 110 valence electrons. The summed E-state index contributed by atoms with van der Waals surface area (Å²) in [6.07, 6.45) is 2.92. The molecule has 2 rings (SSSR count). The van der Waals surface area contributed by atoms with Gasteiger partial charge in [-0.2, -0.15) is 4.98 Å². The molecule has 0 fully saturated rings. The van der Waals surface area contributed by atoms with Gasteiger partial charge in [0.05, 0.1) is 7.11 Å². The molecule has 0 saturated carbocycles. The lowest BCUT2D eigenvalue weighted by molar-refractivity contribution is 0.0982. The van der Waals surface area contributed by atoms with Crippen LogP contribution in [0.3, 0.4) is 0 Å². The highest BCUT2D eigenvalue weighted by Crippen LogP contribution is 2.17. The van der Waals surface area contributed by atoms with Crippen molar-refractivity contribution in [2.75, 3.05) is 13.4 Å². The third kappa shape index (κ3) is 4.67. The number of aryl methyl sites for hydroxylation is 1. The number of methoxy groups -OCH3 is 1. The number of carbonyl (C=O) groups is 1. The summed E-state index contributed by atoms with van der Waals surface area (Å²) in [7, 11) is 1.58. The molecule has 0 aliphatic rings. The van der Waals surface area contributed by atoms with Crippen LogP contribution in [0.25, 0.3) is 0 Å². The molecule has 0 amide bonds. The van der Waals surface area contributed by atoms with Gasteiger partial charge < -0.3 is 4.74 Å². The van der Waals surface area contributed by atoms with Gasteiger partial charge in [-0.3, -0.25) is 4.79 Å². The normalized spacial score (nSPS) is 10.4. The van der Waals surface area contributed by atoms with Crippen molar-refractivity contribution in [3.05, 3.63) is 45.2 Å². The van der Waals surface area contributed by atoms with E-state index in [0.29, 0.717) is 23.9 Å². The molecule has 1 aromatic carbocycles. The fraction of sp³-hybridized carbons (Fsp3) is 0.267. The van der Waals surface area contributed by atoms with Gasteiger partial charge in [-0.05, 0) is 47.4 Å². The van der Waals surface area contributed by atoms with Gasteiger partial charge in [0.1, 0.15) is 0 Å². The second-order valence-electron chi connectivity index (χ2n) is 4.32. The highest BCUT2D eigenvalue weighted by Gasteiger charge is 2.09. The number of Topliss-reactive ketones (excluding diaryl/α,β-unsaturated/α-hetero) is 1. The molecule has 0 aliphatic carbocycles. The molecule has 0 saturated heterocycles. The molecule has 21 heavy (non-hydrogen) atoms. The van der Waals surface area contributed by atoms with Gasteiger partial charge in [0, 0.05) is 27.3 Å². The molecular weight excluding hydrogens is 399 g/mol. The third-order valence-electron chi connectivity index (χ3n) is 2.90. The Kier molecular flexibility index (Phi) is 5.98. The maximum atomic E-state index is 12.2. The maximum absolute atomic E-state index is 12.2. The average molecular weight is 414 g/mol. The van der Waals surface area contributed by atoms with E-state index in [1.54, 1.807) is 13.2 Å².